The third-order valence-electron chi connectivity index (χ3n) is 3.20. The largest absolute Gasteiger partial charge is 0.345 e. The summed E-state index contributed by atoms with van der Waals surface area (Å²) in [6, 6.07) is 1.95. The maximum Gasteiger partial charge on any atom is 0.164 e. The summed E-state index contributed by atoms with van der Waals surface area (Å²) < 4.78 is 2.17. The Morgan fingerprint density at radius 2 is 2.35 bits per heavy atom. The van der Waals surface area contributed by atoms with E-state index in [1.165, 1.54) is 5.69 Å². The van der Waals surface area contributed by atoms with Gasteiger partial charge in [0.2, 0.25) is 0 Å². The van der Waals surface area contributed by atoms with E-state index in [1.54, 1.807) is 11.3 Å². The molecule has 0 saturated heterocycles. The van der Waals surface area contributed by atoms with E-state index in [-0.39, 0.29) is 0 Å². The summed E-state index contributed by atoms with van der Waals surface area (Å²) in [7, 11) is 0. The number of aryl methyl sites for hydroxylation is 1. The van der Waals surface area contributed by atoms with Crippen LogP contribution < -0.4 is 0 Å². The Bertz CT molecular complexity index is 568. The zero-order chi connectivity index (χ0) is 11.8. The van der Waals surface area contributed by atoms with Gasteiger partial charge in [0.1, 0.15) is 0 Å². The lowest BCUT2D eigenvalue weighted by atomic mass is 9.97. The predicted molar refractivity (Wildman–Crippen MR) is 67.7 cm³/mol. The van der Waals surface area contributed by atoms with Crippen LogP contribution >= 0.6 is 11.3 Å². The summed E-state index contributed by atoms with van der Waals surface area (Å²) in [5, 5.41) is 3.18. The second-order valence-corrected chi connectivity index (χ2v) is 5.50. The van der Waals surface area contributed by atoms with Crippen molar-refractivity contribution < 1.29 is 4.79 Å². The number of thiazole rings is 1. The minimum atomic E-state index is 0.291. The fourth-order valence-electron chi connectivity index (χ4n) is 2.39. The summed E-state index contributed by atoms with van der Waals surface area (Å²) in [5.41, 5.74) is 3.19. The summed E-state index contributed by atoms with van der Waals surface area (Å²) in [5.74, 6) is 0.291. The van der Waals surface area contributed by atoms with Gasteiger partial charge in [-0.25, -0.2) is 4.98 Å². The first-order valence-electron chi connectivity index (χ1n) is 5.86. The highest BCUT2D eigenvalue weighted by molar-refractivity contribution is 7.09. The van der Waals surface area contributed by atoms with Gasteiger partial charge in [0.25, 0.3) is 0 Å². The number of rotatable bonds is 2. The van der Waals surface area contributed by atoms with Crippen molar-refractivity contribution in [1.29, 1.82) is 0 Å². The first-order valence-corrected chi connectivity index (χ1v) is 6.74. The number of carbonyl (C=O) groups excluding carboxylic acids is 1. The molecule has 3 rings (SSSR count). The lowest BCUT2D eigenvalue weighted by Gasteiger charge is -2.14. The lowest BCUT2D eigenvalue weighted by molar-refractivity contribution is 0.0972. The third-order valence-corrected chi connectivity index (χ3v) is 4.02. The standard InChI is InChI=1S/C13H14N2OS/c1-9-14-10(8-17-9)7-15-6-5-11-12(15)3-2-4-13(11)16/h5-6,8H,2-4,7H2,1H3. The number of nitrogens with zero attached hydrogens (tertiary/aromatic N) is 2. The van der Waals surface area contributed by atoms with Gasteiger partial charge in [-0.15, -0.1) is 11.3 Å². The van der Waals surface area contributed by atoms with Crippen LogP contribution in [0.3, 0.4) is 0 Å². The van der Waals surface area contributed by atoms with Gasteiger partial charge in [0, 0.05) is 29.3 Å². The number of ketones is 1. The van der Waals surface area contributed by atoms with E-state index in [1.807, 2.05) is 19.2 Å². The van der Waals surface area contributed by atoms with Crippen molar-refractivity contribution in [2.24, 2.45) is 0 Å². The molecule has 0 atom stereocenters. The van der Waals surface area contributed by atoms with Gasteiger partial charge in [0.15, 0.2) is 5.78 Å². The first-order chi connectivity index (χ1) is 8.24. The molecule has 88 valence electrons. The molecule has 0 aliphatic heterocycles. The highest BCUT2D eigenvalue weighted by Crippen LogP contribution is 2.23. The zero-order valence-electron chi connectivity index (χ0n) is 9.77. The number of hydrogen-bond donors (Lipinski definition) is 0. The van der Waals surface area contributed by atoms with Crippen LogP contribution in [0, 0.1) is 6.92 Å². The average molecular weight is 246 g/mol. The molecule has 0 spiro atoms. The van der Waals surface area contributed by atoms with Gasteiger partial charge >= 0.3 is 0 Å². The van der Waals surface area contributed by atoms with Crippen molar-refractivity contribution in [1.82, 2.24) is 9.55 Å². The maximum absolute atomic E-state index is 11.7. The smallest absolute Gasteiger partial charge is 0.164 e. The van der Waals surface area contributed by atoms with Gasteiger partial charge in [0.05, 0.1) is 17.2 Å². The van der Waals surface area contributed by atoms with E-state index < -0.39 is 0 Å². The first kappa shape index (κ1) is 10.7. The molecule has 3 nitrogen and oxygen atoms in total. The molecule has 0 amide bonds. The van der Waals surface area contributed by atoms with Crippen LogP contribution in [0.5, 0.6) is 0 Å². The van der Waals surface area contributed by atoms with Crippen LogP contribution in [0.4, 0.5) is 0 Å². The highest BCUT2D eigenvalue weighted by Gasteiger charge is 2.20. The maximum atomic E-state index is 11.7. The fraction of sp³-hybridized carbons (Fsp3) is 0.385. The van der Waals surface area contributed by atoms with Crippen molar-refractivity contribution >= 4 is 17.1 Å². The Labute approximate surface area is 104 Å². The number of Topliss-reactive ketones (excluding diaryl/α,β-unsaturated/α-hetero) is 1. The van der Waals surface area contributed by atoms with Gasteiger partial charge in [-0.1, -0.05) is 0 Å². The van der Waals surface area contributed by atoms with E-state index >= 15 is 0 Å². The molecule has 0 N–H and O–H groups in total. The molecule has 0 saturated carbocycles. The van der Waals surface area contributed by atoms with Crippen LogP contribution in [-0.4, -0.2) is 15.3 Å². The second kappa shape index (κ2) is 4.11. The van der Waals surface area contributed by atoms with Crippen LogP contribution in [0.2, 0.25) is 0 Å². The fourth-order valence-corrected chi connectivity index (χ4v) is 3.00. The minimum absolute atomic E-state index is 0.291. The van der Waals surface area contributed by atoms with Crippen molar-refractivity contribution in [3.05, 3.63) is 39.6 Å². The van der Waals surface area contributed by atoms with Crippen LogP contribution in [-0.2, 0) is 13.0 Å². The Kier molecular flexibility index (Phi) is 2.59. The lowest BCUT2D eigenvalue weighted by Crippen LogP contribution is -2.13. The molecule has 1 aliphatic carbocycles. The molecule has 0 radical (unpaired) electrons. The molecule has 0 unspecified atom stereocenters. The van der Waals surface area contributed by atoms with Crippen molar-refractivity contribution in [2.75, 3.05) is 0 Å². The summed E-state index contributed by atoms with van der Waals surface area (Å²) in [6.45, 7) is 2.80. The Morgan fingerprint density at radius 3 is 3.12 bits per heavy atom. The van der Waals surface area contributed by atoms with Crippen LogP contribution in [0.1, 0.15) is 39.6 Å². The normalized spacial score (nSPS) is 15.0. The third kappa shape index (κ3) is 1.93. The van der Waals surface area contributed by atoms with E-state index in [9.17, 15) is 4.79 Å². The number of fused-ring (bicyclic) bond motifs is 1. The molecule has 2 aromatic rings. The van der Waals surface area contributed by atoms with Crippen molar-refractivity contribution in [3.8, 4) is 0 Å². The molecule has 17 heavy (non-hydrogen) atoms. The SMILES string of the molecule is Cc1nc(Cn2ccc3c2CCCC3=O)cs1. The Morgan fingerprint density at radius 1 is 1.47 bits per heavy atom. The zero-order valence-corrected chi connectivity index (χ0v) is 10.6. The van der Waals surface area contributed by atoms with Gasteiger partial charge in [-0.05, 0) is 25.8 Å². The predicted octanol–water partition coefficient (Wildman–Crippen LogP) is 2.82. The average Bonchev–Trinajstić information content (AvgIpc) is 2.88. The van der Waals surface area contributed by atoms with Gasteiger partial charge < -0.3 is 4.57 Å². The number of hydrogen-bond acceptors (Lipinski definition) is 3. The van der Waals surface area contributed by atoms with Gasteiger partial charge in [-0.3, -0.25) is 4.79 Å². The molecule has 2 heterocycles. The second-order valence-electron chi connectivity index (χ2n) is 4.44. The molecular formula is C13H14N2OS. The van der Waals surface area contributed by atoms with E-state index in [4.69, 9.17) is 0 Å². The molecule has 4 heteroatoms. The molecule has 1 aliphatic rings. The molecule has 0 bridgehead atoms. The van der Waals surface area contributed by atoms with Crippen LogP contribution in [0.15, 0.2) is 17.6 Å². The number of carbonyl (C=O) groups is 1. The number of aromatic nitrogens is 2. The summed E-state index contributed by atoms with van der Waals surface area (Å²) in [6.07, 6.45) is 4.71. The molecular weight excluding hydrogens is 232 g/mol. The molecule has 0 fully saturated rings. The highest BCUT2D eigenvalue weighted by atomic mass is 32.1. The Balaban J connectivity index is 1.91. The molecule has 0 aromatic carbocycles. The van der Waals surface area contributed by atoms with E-state index in [2.05, 4.69) is 14.9 Å². The Hall–Kier alpha value is -1.42. The van der Waals surface area contributed by atoms with E-state index in [0.717, 1.165) is 35.7 Å². The van der Waals surface area contributed by atoms with Crippen LogP contribution in [0.25, 0.3) is 0 Å². The van der Waals surface area contributed by atoms with E-state index in [0.29, 0.717) is 12.2 Å². The van der Waals surface area contributed by atoms with Crippen molar-refractivity contribution in [2.45, 2.75) is 32.7 Å². The summed E-state index contributed by atoms with van der Waals surface area (Å²) >= 11 is 1.67. The minimum Gasteiger partial charge on any atom is -0.345 e. The topological polar surface area (TPSA) is 34.9 Å². The quantitative estimate of drug-likeness (QED) is 0.816. The van der Waals surface area contributed by atoms with Gasteiger partial charge in [-0.2, -0.15) is 0 Å². The monoisotopic (exact) mass is 246 g/mol. The van der Waals surface area contributed by atoms with Crippen molar-refractivity contribution in [3.63, 3.8) is 0 Å². The molecule has 2 aromatic heterocycles. The summed E-state index contributed by atoms with van der Waals surface area (Å²) in [4.78, 5) is 16.2.